The topological polar surface area (TPSA) is 57.5 Å². The van der Waals surface area contributed by atoms with Crippen molar-refractivity contribution in [2.24, 2.45) is 0 Å². The molecule has 2 amide bonds. The fraction of sp³-hybridized carbons (Fsp3) is 0.571. The van der Waals surface area contributed by atoms with Crippen LogP contribution in [0.25, 0.3) is 11.0 Å². The third-order valence-corrected chi connectivity index (χ3v) is 6.38. The highest BCUT2D eigenvalue weighted by atomic mass is 35.5. The average Bonchev–Trinajstić information content (AvgIpc) is 3.02. The zero-order valence-corrected chi connectivity index (χ0v) is 17.1. The Morgan fingerprint density at radius 3 is 2.67 bits per heavy atom. The first-order valence-corrected chi connectivity index (χ1v) is 10.4. The second-order valence-corrected chi connectivity index (χ2v) is 8.53. The Balaban J connectivity index is 1.85. The highest BCUT2D eigenvalue weighted by Crippen LogP contribution is 2.49. The molecule has 1 saturated carbocycles. The summed E-state index contributed by atoms with van der Waals surface area (Å²) >= 11 is 6.59. The Morgan fingerprint density at radius 2 is 2.00 bits per heavy atom. The molecule has 1 aromatic heterocycles. The summed E-state index contributed by atoms with van der Waals surface area (Å²) in [5, 5.41) is 7.72. The van der Waals surface area contributed by atoms with Gasteiger partial charge in [-0.25, -0.2) is 4.79 Å². The quantitative estimate of drug-likeness (QED) is 0.714. The number of hydrogen-bond acceptors (Lipinski definition) is 3. The third-order valence-electron chi connectivity index (χ3n) is 6.08. The summed E-state index contributed by atoms with van der Waals surface area (Å²) in [5.41, 5.74) is 2.23. The van der Waals surface area contributed by atoms with Crippen LogP contribution in [0.2, 0.25) is 5.02 Å². The van der Waals surface area contributed by atoms with E-state index in [0.29, 0.717) is 16.8 Å². The van der Waals surface area contributed by atoms with Gasteiger partial charge >= 0.3 is 6.03 Å². The Morgan fingerprint density at radius 1 is 1.26 bits per heavy atom. The van der Waals surface area contributed by atoms with Crippen molar-refractivity contribution < 1.29 is 9.21 Å². The Hall–Kier alpha value is -1.72. The van der Waals surface area contributed by atoms with Gasteiger partial charge in [-0.05, 0) is 45.4 Å². The van der Waals surface area contributed by atoms with Crippen LogP contribution in [0.5, 0.6) is 0 Å². The average molecular weight is 390 g/mol. The molecule has 1 fully saturated rings. The molecule has 27 heavy (non-hydrogen) atoms. The number of furan rings is 1. The lowest BCUT2D eigenvalue weighted by Gasteiger charge is -2.42. The lowest BCUT2D eigenvalue weighted by molar-refractivity contribution is 0.204. The van der Waals surface area contributed by atoms with Gasteiger partial charge in [-0.15, -0.1) is 0 Å². The number of urea groups is 1. The molecule has 1 aromatic carbocycles. The van der Waals surface area contributed by atoms with Crippen molar-refractivity contribution in [3.8, 4) is 0 Å². The molecule has 2 N–H and O–H groups in total. The maximum atomic E-state index is 12.3. The lowest BCUT2D eigenvalue weighted by atomic mass is 9.74. The lowest BCUT2D eigenvalue weighted by Crippen LogP contribution is -2.52. The number of benzene rings is 1. The summed E-state index contributed by atoms with van der Waals surface area (Å²) in [6, 6.07) is 4.29. The van der Waals surface area contributed by atoms with E-state index < -0.39 is 0 Å². The van der Waals surface area contributed by atoms with Gasteiger partial charge in [-0.2, -0.15) is 0 Å². The monoisotopic (exact) mass is 389 g/mol. The molecule has 6 heteroatoms. The fourth-order valence-electron chi connectivity index (χ4n) is 4.67. The summed E-state index contributed by atoms with van der Waals surface area (Å²) in [5.74, 6) is 0.938. The van der Waals surface area contributed by atoms with Crippen LogP contribution >= 0.6 is 11.6 Å². The van der Waals surface area contributed by atoms with E-state index in [4.69, 9.17) is 16.0 Å². The van der Waals surface area contributed by atoms with Crippen molar-refractivity contribution in [1.82, 2.24) is 10.2 Å². The van der Waals surface area contributed by atoms with Gasteiger partial charge < -0.3 is 15.1 Å². The molecule has 2 heterocycles. The van der Waals surface area contributed by atoms with Crippen LogP contribution in [0, 0.1) is 0 Å². The van der Waals surface area contributed by atoms with Crippen LogP contribution in [0.1, 0.15) is 64.2 Å². The third kappa shape index (κ3) is 3.21. The van der Waals surface area contributed by atoms with E-state index in [-0.39, 0.29) is 11.6 Å². The van der Waals surface area contributed by atoms with Gasteiger partial charge in [-0.1, -0.05) is 37.8 Å². The van der Waals surface area contributed by atoms with Crippen LogP contribution in [-0.2, 0) is 12.1 Å². The maximum Gasteiger partial charge on any atom is 0.319 e. The van der Waals surface area contributed by atoms with E-state index in [9.17, 15) is 4.79 Å². The number of carbonyl (C=O) groups is 1. The van der Waals surface area contributed by atoms with Gasteiger partial charge in [-0.3, -0.25) is 4.90 Å². The van der Waals surface area contributed by atoms with E-state index in [1.54, 1.807) is 0 Å². The summed E-state index contributed by atoms with van der Waals surface area (Å²) in [6.07, 6.45) is 5.24. The molecule has 1 aliphatic heterocycles. The number of carbonyl (C=O) groups excluding carboxylic acids is 1. The van der Waals surface area contributed by atoms with Crippen LogP contribution in [0.15, 0.2) is 16.5 Å². The highest BCUT2D eigenvalue weighted by Gasteiger charge is 2.43. The molecule has 0 saturated heterocycles. The Labute approximate surface area is 165 Å². The molecule has 0 unspecified atom stereocenters. The summed E-state index contributed by atoms with van der Waals surface area (Å²) in [7, 11) is 0. The molecule has 0 atom stereocenters. The molecule has 1 aliphatic carbocycles. The second-order valence-electron chi connectivity index (χ2n) is 8.12. The second kappa shape index (κ2) is 7.02. The minimum absolute atomic E-state index is 0.172. The smallest absolute Gasteiger partial charge is 0.319 e. The van der Waals surface area contributed by atoms with E-state index in [1.807, 2.05) is 6.07 Å². The van der Waals surface area contributed by atoms with Crippen LogP contribution in [0.3, 0.4) is 0 Å². The molecular formula is C21H28ClN3O2. The van der Waals surface area contributed by atoms with Crippen molar-refractivity contribution >= 4 is 34.3 Å². The highest BCUT2D eigenvalue weighted by molar-refractivity contribution is 6.35. The molecule has 0 bridgehead atoms. The van der Waals surface area contributed by atoms with Crippen molar-refractivity contribution in [2.45, 2.75) is 71.0 Å². The van der Waals surface area contributed by atoms with Crippen molar-refractivity contribution in [3.63, 3.8) is 0 Å². The van der Waals surface area contributed by atoms with E-state index in [1.165, 1.54) is 6.42 Å². The molecule has 1 spiro atoms. The fourth-order valence-corrected chi connectivity index (χ4v) is 4.93. The number of hydrogen-bond donors (Lipinski definition) is 2. The van der Waals surface area contributed by atoms with Gasteiger partial charge in [0.2, 0.25) is 0 Å². The van der Waals surface area contributed by atoms with Crippen LogP contribution < -0.4 is 10.6 Å². The number of nitrogens with zero attached hydrogens (tertiary/aromatic N) is 1. The van der Waals surface area contributed by atoms with E-state index in [0.717, 1.165) is 61.1 Å². The number of anilines is 1. The number of fused-ring (bicyclic) bond motifs is 4. The van der Waals surface area contributed by atoms with Crippen molar-refractivity contribution in [3.05, 3.63) is 28.5 Å². The molecular weight excluding hydrogens is 362 g/mol. The zero-order valence-electron chi connectivity index (χ0n) is 16.3. The molecule has 5 nitrogen and oxygen atoms in total. The number of rotatable bonds is 4. The van der Waals surface area contributed by atoms with E-state index in [2.05, 4.69) is 42.4 Å². The van der Waals surface area contributed by atoms with Gasteiger partial charge in [0, 0.05) is 17.0 Å². The summed E-state index contributed by atoms with van der Waals surface area (Å²) in [4.78, 5) is 14.7. The first-order chi connectivity index (χ1) is 12.9. The largest absolute Gasteiger partial charge is 0.459 e. The first-order valence-electron chi connectivity index (χ1n) is 10.0. The minimum Gasteiger partial charge on any atom is -0.459 e. The SMILES string of the molecule is CCN(Cc1cc2cc(Cl)c3c(c2o1)C1(CCCCC1)NC(=O)N3)C(C)C. The minimum atomic E-state index is -0.378. The normalized spacial score (nSPS) is 18.8. The number of amides is 2. The molecule has 2 aliphatic rings. The molecule has 146 valence electrons. The Kier molecular flexibility index (Phi) is 4.85. The van der Waals surface area contributed by atoms with Gasteiger partial charge in [0.25, 0.3) is 0 Å². The van der Waals surface area contributed by atoms with Crippen molar-refractivity contribution in [1.29, 1.82) is 0 Å². The van der Waals surface area contributed by atoms with Crippen LogP contribution in [0.4, 0.5) is 10.5 Å². The van der Waals surface area contributed by atoms with E-state index >= 15 is 0 Å². The standard InChI is InChI=1S/C21H28ClN3O2/c1-4-25(13(2)3)12-15-10-14-11-16(22)18-17(19(14)27-15)21(24-20(26)23-18)8-6-5-7-9-21/h10-11,13H,4-9,12H2,1-3H3,(H2,23,24,26). The van der Waals surface area contributed by atoms with Gasteiger partial charge in [0.15, 0.2) is 0 Å². The first kappa shape index (κ1) is 18.6. The van der Waals surface area contributed by atoms with Gasteiger partial charge in [0.1, 0.15) is 11.3 Å². The summed E-state index contributed by atoms with van der Waals surface area (Å²) in [6.45, 7) is 8.29. The number of nitrogens with one attached hydrogen (secondary N) is 2. The van der Waals surface area contributed by atoms with Crippen molar-refractivity contribution in [2.75, 3.05) is 11.9 Å². The number of halogens is 1. The molecule has 0 radical (unpaired) electrons. The Bertz CT molecular complexity index is 868. The van der Waals surface area contributed by atoms with Crippen LogP contribution in [-0.4, -0.2) is 23.5 Å². The molecule has 2 aromatic rings. The summed E-state index contributed by atoms with van der Waals surface area (Å²) < 4.78 is 6.38. The maximum absolute atomic E-state index is 12.3. The predicted octanol–water partition coefficient (Wildman–Crippen LogP) is 5.61. The molecule has 4 rings (SSSR count). The zero-order chi connectivity index (χ0) is 19.2. The predicted molar refractivity (Wildman–Crippen MR) is 109 cm³/mol. The van der Waals surface area contributed by atoms with Gasteiger partial charge in [0.05, 0.1) is 22.8 Å².